The van der Waals surface area contributed by atoms with Gasteiger partial charge in [0.25, 0.3) is 0 Å². The van der Waals surface area contributed by atoms with Crippen molar-refractivity contribution in [3.05, 3.63) is 107 Å². The zero-order valence-electron chi connectivity index (χ0n) is 18.3. The van der Waals surface area contributed by atoms with Crippen molar-refractivity contribution in [3.8, 4) is 6.07 Å². The van der Waals surface area contributed by atoms with Gasteiger partial charge in [0.15, 0.2) is 17.0 Å². The second kappa shape index (κ2) is 10.6. The molecule has 0 aliphatic rings. The van der Waals surface area contributed by atoms with Gasteiger partial charge in [-0.15, -0.1) is 0 Å². The van der Waals surface area contributed by atoms with E-state index in [4.69, 9.17) is 4.74 Å². The SMILES string of the molecule is CCOC(=O)C(C#N)(c1ccccc1)C(CC(=O)c1ccc(F)cc1)C(=O)c1ccc(F)cc1. The number of nitrogens with zero attached hydrogens (tertiary/aromatic N) is 1. The van der Waals surface area contributed by atoms with Gasteiger partial charge in [-0.05, 0) is 61.0 Å². The van der Waals surface area contributed by atoms with Crippen LogP contribution < -0.4 is 0 Å². The molecule has 5 nitrogen and oxygen atoms in total. The molecule has 2 atom stereocenters. The minimum absolute atomic E-state index is 0.0261. The van der Waals surface area contributed by atoms with Crippen LogP contribution >= 0.6 is 0 Å². The number of carbonyl (C=O) groups excluding carboxylic acids is 3. The fourth-order valence-electron chi connectivity index (χ4n) is 3.79. The number of ether oxygens (including phenoxy) is 1. The van der Waals surface area contributed by atoms with Gasteiger partial charge in [0.05, 0.1) is 18.6 Å². The Bertz CT molecular complexity index is 1220. The summed E-state index contributed by atoms with van der Waals surface area (Å²) in [4.78, 5) is 40.1. The number of carbonyl (C=O) groups is 3. The topological polar surface area (TPSA) is 84.2 Å². The number of esters is 1. The molecule has 7 heteroatoms. The van der Waals surface area contributed by atoms with Gasteiger partial charge < -0.3 is 4.74 Å². The Morgan fingerprint density at radius 2 is 1.41 bits per heavy atom. The highest BCUT2D eigenvalue weighted by Crippen LogP contribution is 2.39. The molecule has 0 N–H and O–H groups in total. The third kappa shape index (κ3) is 4.91. The van der Waals surface area contributed by atoms with E-state index in [-0.39, 0.29) is 23.3 Å². The van der Waals surface area contributed by atoms with Crippen LogP contribution in [0.3, 0.4) is 0 Å². The summed E-state index contributed by atoms with van der Waals surface area (Å²) < 4.78 is 32.0. The lowest BCUT2D eigenvalue weighted by atomic mass is 9.66. The highest BCUT2D eigenvalue weighted by Gasteiger charge is 2.53. The summed E-state index contributed by atoms with van der Waals surface area (Å²) in [5.41, 5.74) is -1.83. The normalized spacial score (nSPS) is 13.2. The maximum absolute atomic E-state index is 13.7. The minimum Gasteiger partial charge on any atom is -0.465 e. The van der Waals surface area contributed by atoms with E-state index in [0.717, 1.165) is 24.3 Å². The molecule has 172 valence electrons. The van der Waals surface area contributed by atoms with Crippen molar-refractivity contribution in [2.75, 3.05) is 6.61 Å². The number of benzene rings is 3. The van der Waals surface area contributed by atoms with Gasteiger partial charge in [0.1, 0.15) is 11.6 Å². The molecule has 3 aromatic rings. The zero-order chi connectivity index (χ0) is 24.7. The van der Waals surface area contributed by atoms with Crippen molar-refractivity contribution >= 4 is 17.5 Å². The predicted molar refractivity (Wildman–Crippen MR) is 120 cm³/mol. The first-order valence-electron chi connectivity index (χ1n) is 10.6. The molecule has 0 fully saturated rings. The second-order valence-electron chi connectivity index (χ2n) is 7.56. The van der Waals surface area contributed by atoms with Gasteiger partial charge in [-0.3, -0.25) is 9.59 Å². The van der Waals surface area contributed by atoms with E-state index < -0.39 is 46.9 Å². The van der Waals surface area contributed by atoms with Crippen molar-refractivity contribution in [2.45, 2.75) is 18.8 Å². The van der Waals surface area contributed by atoms with Crippen molar-refractivity contribution < 1.29 is 27.9 Å². The Kier molecular flexibility index (Phi) is 7.64. The summed E-state index contributed by atoms with van der Waals surface area (Å²) in [6, 6.07) is 19.2. The molecule has 0 amide bonds. The number of Topliss-reactive ketones (excluding diaryl/α,β-unsaturated/α-hetero) is 2. The van der Waals surface area contributed by atoms with Gasteiger partial charge in [-0.25, -0.2) is 13.6 Å². The molecular formula is C27H21F2NO4. The van der Waals surface area contributed by atoms with Gasteiger partial charge in [0.2, 0.25) is 0 Å². The molecule has 3 rings (SSSR count). The van der Waals surface area contributed by atoms with Crippen LogP contribution in [0.1, 0.15) is 39.6 Å². The highest BCUT2D eigenvalue weighted by molar-refractivity contribution is 6.08. The fraction of sp³-hybridized carbons (Fsp3) is 0.185. The molecule has 0 spiro atoms. The lowest BCUT2D eigenvalue weighted by molar-refractivity contribution is -0.149. The number of hydrogen-bond acceptors (Lipinski definition) is 5. The van der Waals surface area contributed by atoms with E-state index in [2.05, 4.69) is 0 Å². The molecule has 0 heterocycles. The maximum atomic E-state index is 13.7. The summed E-state index contributed by atoms with van der Waals surface area (Å²) in [7, 11) is 0. The van der Waals surface area contributed by atoms with Crippen LogP contribution in [0.2, 0.25) is 0 Å². The van der Waals surface area contributed by atoms with Gasteiger partial charge in [0, 0.05) is 17.5 Å². The summed E-state index contributed by atoms with van der Waals surface area (Å²) in [5.74, 6) is -4.86. The molecule has 0 bridgehead atoms. The monoisotopic (exact) mass is 461 g/mol. The first kappa shape index (κ1) is 24.5. The van der Waals surface area contributed by atoms with Gasteiger partial charge in [-0.2, -0.15) is 5.26 Å². The molecule has 0 aliphatic heterocycles. The van der Waals surface area contributed by atoms with E-state index in [1.54, 1.807) is 25.1 Å². The molecule has 0 aromatic heterocycles. The Labute approximate surface area is 195 Å². The number of rotatable bonds is 9. The average molecular weight is 461 g/mol. The van der Waals surface area contributed by atoms with E-state index in [1.807, 2.05) is 6.07 Å². The molecule has 3 aromatic carbocycles. The van der Waals surface area contributed by atoms with E-state index in [1.165, 1.54) is 36.4 Å². The van der Waals surface area contributed by atoms with Gasteiger partial charge >= 0.3 is 5.97 Å². The standard InChI is InChI=1S/C27H21F2NO4/c1-2-34-26(33)27(17-30,20-6-4-3-5-7-20)23(25(32)19-10-14-22(29)15-11-19)16-24(31)18-8-12-21(28)13-9-18/h3-15,23H,2,16H2,1H3. The Morgan fingerprint density at radius 1 is 0.882 bits per heavy atom. The van der Waals surface area contributed by atoms with Crippen molar-refractivity contribution in [1.82, 2.24) is 0 Å². The van der Waals surface area contributed by atoms with Crippen molar-refractivity contribution in [2.24, 2.45) is 5.92 Å². The number of halogens is 2. The molecule has 2 unspecified atom stereocenters. The Hall–Kier alpha value is -4.18. The quantitative estimate of drug-likeness (QED) is 0.328. The first-order chi connectivity index (χ1) is 16.3. The molecule has 0 saturated carbocycles. The summed E-state index contributed by atoms with van der Waals surface area (Å²) in [6.07, 6.45) is -0.539. The summed E-state index contributed by atoms with van der Waals surface area (Å²) >= 11 is 0. The van der Waals surface area contributed by atoms with E-state index in [9.17, 15) is 28.4 Å². The largest absolute Gasteiger partial charge is 0.465 e. The van der Waals surface area contributed by atoms with Gasteiger partial charge in [-0.1, -0.05) is 30.3 Å². The van der Waals surface area contributed by atoms with Crippen LogP contribution in [0.25, 0.3) is 0 Å². The Balaban J connectivity index is 2.19. The third-order valence-electron chi connectivity index (χ3n) is 5.53. The van der Waals surface area contributed by atoms with Crippen LogP contribution in [0.4, 0.5) is 8.78 Å². The Morgan fingerprint density at radius 3 is 1.91 bits per heavy atom. The number of ketones is 2. The maximum Gasteiger partial charge on any atom is 0.331 e. The minimum atomic E-state index is -2.15. The molecular weight excluding hydrogens is 440 g/mol. The highest BCUT2D eigenvalue weighted by atomic mass is 19.1. The smallest absolute Gasteiger partial charge is 0.331 e. The lowest BCUT2D eigenvalue weighted by Gasteiger charge is -2.32. The second-order valence-corrected chi connectivity index (χ2v) is 7.56. The predicted octanol–water partition coefficient (Wildman–Crippen LogP) is 5.06. The van der Waals surface area contributed by atoms with Crippen LogP contribution in [0.15, 0.2) is 78.9 Å². The molecule has 0 saturated heterocycles. The fourth-order valence-corrected chi connectivity index (χ4v) is 3.79. The molecule has 0 radical (unpaired) electrons. The van der Waals surface area contributed by atoms with Crippen LogP contribution in [0.5, 0.6) is 0 Å². The van der Waals surface area contributed by atoms with E-state index in [0.29, 0.717) is 0 Å². The molecule has 0 aliphatic carbocycles. The number of hydrogen-bond donors (Lipinski definition) is 0. The van der Waals surface area contributed by atoms with Crippen LogP contribution in [-0.2, 0) is 14.9 Å². The summed E-state index contributed by atoms with van der Waals surface area (Å²) in [5, 5.41) is 10.3. The number of nitriles is 1. The molecule has 34 heavy (non-hydrogen) atoms. The van der Waals surface area contributed by atoms with Crippen molar-refractivity contribution in [3.63, 3.8) is 0 Å². The van der Waals surface area contributed by atoms with Crippen LogP contribution in [-0.4, -0.2) is 24.1 Å². The average Bonchev–Trinajstić information content (AvgIpc) is 2.85. The third-order valence-corrected chi connectivity index (χ3v) is 5.53. The van der Waals surface area contributed by atoms with Crippen molar-refractivity contribution in [1.29, 1.82) is 5.26 Å². The summed E-state index contributed by atoms with van der Waals surface area (Å²) in [6.45, 7) is 1.50. The lowest BCUT2D eigenvalue weighted by Crippen LogP contribution is -2.47. The van der Waals surface area contributed by atoms with E-state index >= 15 is 0 Å². The van der Waals surface area contributed by atoms with Crippen LogP contribution in [0, 0.1) is 28.9 Å². The first-order valence-corrected chi connectivity index (χ1v) is 10.6. The zero-order valence-corrected chi connectivity index (χ0v) is 18.3.